The van der Waals surface area contributed by atoms with Crippen LogP contribution < -0.4 is 0 Å². The fourth-order valence-electron chi connectivity index (χ4n) is 0.600. The second-order valence-corrected chi connectivity index (χ2v) is 6.09. The number of hydrogen-bond acceptors (Lipinski definition) is 10. The van der Waals surface area contributed by atoms with E-state index in [0.29, 0.717) is 0 Å². The van der Waals surface area contributed by atoms with Crippen molar-refractivity contribution in [2.45, 2.75) is 0 Å². The summed E-state index contributed by atoms with van der Waals surface area (Å²) in [5.41, 5.74) is -2.22. The van der Waals surface area contributed by atoms with Crippen LogP contribution in [0.4, 0.5) is 4.79 Å². The molecule has 0 aliphatic heterocycles. The molecule has 15 nitrogen and oxygen atoms in total. The lowest BCUT2D eigenvalue weighted by Crippen LogP contribution is -2.37. The second-order valence-electron chi connectivity index (χ2n) is 5.06. The predicted octanol–water partition coefficient (Wildman–Crippen LogP) is -4.82. The maximum absolute atomic E-state index is 8.88. The molecule has 168 valence electrons. The zero-order valence-corrected chi connectivity index (χ0v) is 15.1. The minimum atomic E-state index is -4.64. The first-order valence-electron chi connectivity index (χ1n) is 6.79. The van der Waals surface area contributed by atoms with Gasteiger partial charge in [-0.3, -0.25) is 0 Å². The molecular formula is C11H29O15P. The van der Waals surface area contributed by atoms with Gasteiger partial charge in [0.05, 0.1) is 63.7 Å². The average molecular weight is 432 g/mol. The van der Waals surface area contributed by atoms with Gasteiger partial charge in [-0.25, -0.2) is 9.36 Å². The molecule has 0 aliphatic carbocycles. The first-order chi connectivity index (χ1) is 12.2. The number of aliphatic hydroxyl groups excluding tert-OH is 8. The van der Waals surface area contributed by atoms with E-state index in [2.05, 4.69) is 0 Å². The van der Waals surface area contributed by atoms with Gasteiger partial charge in [-0.2, -0.15) is 0 Å². The molecule has 0 bridgehead atoms. The highest BCUT2D eigenvalue weighted by atomic mass is 31.2. The molecule has 0 fully saturated rings. The summed E-state index contributed by atoms with van der Waals surface area (Å²) in [6, 6.07) is 0. The fraction of sp³-hybridized carbons (Fsp3) is 0.909. The third kappa shape index (κ3) is 25.1. The average Bonchev–Trinajstić information content (AvgIpc) is 2.59. The van der Waals surface area contributed by atoms with Crippen LogP contribution in [0.2, 0.25) is 0 Å². The first-order valence-corrected chi connectivity index (χ1v) is 8.36. The maximum Gasteiger partial charge on any atom is 0.503 e. The van der Waals surface area contributed by atoms with Crippen molar-refractivity contribution in [2.75, 3.05) is 52.9 Å². The Bertz CT molecular complexity index is 309. The lowest BCUT2D eigenvalue weighted by molar-refractivity contribution is -0.0332. The Morgan fingerprint density at radius 1 is 0.556 bits per heavy atom. The Kier molecular flexibility index (Phi) is 22.9. The summed E-state index contributed by atoms with van der Waals surface area (Å²) < 4.78 is 8.88. The summed E-state index contributed by atoms with van der Waals surface area (Å²) in [5.74, 6) is 0. The molecule has 0 aromatic heterocycles. The predicted molar refractivity (Wildman–Crippen MR) is 86.5 cm³/mol. The van der Waals surface area contributed by atoms with Gasteiger partial charge in [0, 0.05) is 0 Å². The molecule has 0 rings (SSSR count). The number of carboxylic acid groups (broad SMARTS) is 2. The van der Waals surface area contributed by atoms with Crippen molar-refractivity contribution in [3.8, 4) is 0 Å². The summed E-state index contributed by atoms with van der Waals surface area (Å²) in [4.78, 5) is 30.1. The van der Waals surface area contributed by atoms with Gasteiger partial charge in [-0.1, -0.05) is 0 Å². The van der Waals surface area contributed by atoms with Crippen molar-refractivity contribution in [2.24, 2.45) is 10.8 Å². The number of carbonyl (C=O) groups is 1. The third-order valence-corrected chi connectivity index (χ3v) is 2.68. The van der Waals surface area contributed by atoms with Crippen LogP contribution in [0.1, 0.15) is 0 Å². The van der Waals surface area contributed by atoms with Crippen molar-refractivity contribution in [1.82, 2.24) is 0 Å². The minimum absolute atomic E-state index is 0.406. The molecule has 0 saturated carbocycles. The van der Waals surface area contributed by atoms with Gasteiger partial charge < -0.3 is 65.7 Å². The molecule has 0 unspecified atom stereocenters. The van der Waals surface area contributed by atoms with Gasteiger partial charge in [-0.05, 0) is 0 Å². The van der Waals surface area contributed by atoms with E-state index in [1.807, 2.05) is 0 Å². The SMILES string of the molecule is O=C(O)O.O=P(O)(O)O.OCC(CO)(CO)CO.OCC(CO)(CO)CO. The quantitative estimate of drug-likeness (QED) is 0.160. The number of aliphatic hydroxyl groups is 8. The standard InChI is InChI=1S/2C5H12O4.CH2O3.H3O4P/c2*6-1-5(2-7,3-8)4-9;2-1(3)4;1-5(2,3)4/h2*6-9H,1-4H2;(H2,2,3,4);(H3,1,2,3,4). The Hall–Kier alpha value is -0.940. The normalized spacial score (nSPS) is 11.1. The largest absolute Gasteiger partial charge is 0.503 e. The molecule has 0 saturated heterocycles. The van der Waals surface area contributed by atoms with Crippen LogP contribution in [0.25, 0.3) is 0 Å². The summed E-state index contributed by atoms with van der Waals surface area (Å²) in [7, 11) is -4.64. The van der Waals surface area contributed by atoms with Gasteiger partial charge in [-0.15, -0.1) is 0 Å². The Morgan fingerprint density at radius 2 is 0.630 bits per heavy atom. The fourth-order valence-corrected chi connectivity index (χ4v) is 0.600. The number of rotatable bonds is 8. The van der Waals surface area contributed by atoms with Gasteiger partial charge >= 0.3 is 14.0 Å². The molecule has 0 radical (unpaired) electrons. The van der Waals surface area contributed by atoms with E-state index in [4.69, 9.17) is 75.1 Å². The Balaban J connectivity index is -0.000000138. The van der Waals surface area contributed by atoms with Crippen molar-refractivity contribution in [3.63, 3.8) is 0 Å². The lowest BCUT2D eigenvalue weighted by Gasteiger charge is -2.23. The summed E-state index contributed by atoms with van der Waals surface area (Å²) in [6.07, 6.45) is -1.83. The van der Waals surface area contributed by atoms with Crippen LogP contribution in [0.3, 0.4) is 0 Å². The summed E-state index contributed by atoms with van der Waals surface area (Å²) in [6.45, 7) is -3.25. The molecule has 13 N–H and O–H groups in total. The first kappa shape index (κ1) is 33.6. The highest BCUT2D eigenvalue weighted by molar-refractivity contribution is 7.45. The van der Waals surface area contributed by atoms with Crippen LogP contribution in [0.15, 0.2) is 0 Å². The molecule has 27 heavy (non-hydrogen) atoms. The van der Waals surface area contributed by atoms with E-state index >= 15 is 0 Å². The third-order valence-electron chi connectivity index (χ3n) is 2.68. The van der Waals surface area contributed by atoms with Crippen LogP contribution in [0.5, 0.6) is 0 Å². The molecule has 0 aromatic carbocycles. The van der Waals surface area contributed by atoms with Gasteiger partial charge in [0.15, 0.2) is 0 Å². The van der Waals surface area contributed by atoms with Crippen molar-refractivity contribution < 1.29 is 75.1 Å². The van der Waals surface area contributed by atoms with E-state index in [1.54, 1.807) is 0 Å². The summed E-state index contributed by atoms with van der Waals surface area (Å²) >= 11 is 0. The highest BCUT2D eigenvalue weighted by Crippen LogP contribution is 2.25. The zero-order chi connectivity index (χ0) is 22.7. The number of hydrogen-bond donors (Lipinski definition) is 13. The monoisotopic (exact) mass is 432 g/mol. The van der Waals surface area contributed by atoms with Gasteiger partial charge in [0.2, 0.25) is 0 Å². The lowest BCUT2D eigenvalue weighted by atomic mass is 9.93. The van der Waals surface area contributed by atoms with E-state index in [-0.39, 0.29) is 0 Å². The number of phosphoric acid groups is 1. The minimum Gasteiger partial charge on any atom is -0.450 e. The van der Waals surface area contributed by atoms with Crippen LogP contribution in [0, 0.1) is 10.8 Å². The van der Waals surface area contributed by atoms with Crippen molar-refractivity contribution in [3.05, 3.63) is 0 Å². The molecule has 16 heteroatoms. The van der Waals surface area contributed by atoms with Crippen LogP contribution >= 0.6 is 7.82 Å². The second kappa shape index (κ2) is 18.4. The summed E-state index contributed by atoms with van der Waals surface area (Å²) in [5, 5.41) is 81.9. The molecule has 0 spiro atoms. The van der Waals surface area contributed by atoms with Crippen molar-refractivity contribution in [1.29, 1.82) is 0 Å². The van der Waals surface area contributed by atoms with E-state index in [1.165, 1.54) is 0 Å². The zero-order valence-electron chi connectivity index (χ0n) is 14.2. The van der Waals surface area contributed by atoms with Crippen molar-refractivity contribution >= 4 is 14.0 Å². The van der Waals surface area contributed by atoms with Gasteiger partial charge in [0.25, 0.3) is 0 Å². The smallest absolute Gasteiger partial charge is 0.450 e. The molecular weight excluding hydrogens is 403 g/mol. The van der Waals surface area contributed by atoms with Crippen LogP contribution in [-0.4, -0.2) is 125 Å². The molecule has 0 amide bonds. The van der Waals surface area contributed by atoms with Crippen LogP contribution in [-0.2, 0) is 4.57 Å². The van der Waals surface area contributed by atoms with E-state index < -0.39 is 77.7 Å². The molecule has 0 heterocycles. The Labute approximate surface area is 153 Å². The molecule has 0 aromatic rings. The van der Waals surface area contributed by atoms with E-state index in [9.17, 15) is 0 Å². The van der Waals surface area contributed by atoms with Gasteiger partial charge in [0.1, 0.15) is 0 Å². The molecule has 0 atom stereocenters. The Morgan fingerprint density at radius 3 is 0.630 bits per heavy atom. The topological polar surface area (TPSA) is 297 Å². The molecule has 0 aliphatic rings. The van der Waals surface area contributed by atoms with E-state index in [0.717, 1.165) is 0 Å². The highest BCUT2D eigenvalue weighted by Gasteiger charge is 2.27. The maximum atomic E-state index is 8.88.